The standard InChI is InChI=1S/C13H16N2O3/c1-2-14(11-7-8-11)9-13(16)10-3-5-12(6-4-10)15(17)18/h3-6,11H,2,7-9H2,1H3. The average Bonchev–Trinajstić information content (AvgIpc) is 3.20. The Hall–Kier alpha value is -1.75. The van der Waals surface area contributed by atoms with Crippen molar-refractivity contribution in [2.45, 2.75) is 25.8 Å². The fourth-order valence-corrected chi connectivity index (χ4v) is 1.98. The summed E-state index contributed by atoms with van der Waals surface area (Å²) in [6.45, 7) is 3.31. The molecule has 5 nitrogen and oxygen atoms in total. The molecular weight excluding hydrogens is 232 g/mol. The van der Waals surface area contributed by atoms with Gasteiger partial charge in [-0.15, -0.1) is 0 Å². The van der Waals surface area contributed by atoms with Crippen LogP contribution in [0.3, 0.4) is 0 Å². The van der Waals surface area contributed by atoms with E-state index in [1.54, 1.807) is 0 Å². The van der Waals surface area contributed by atoms with E-state index >= 15 is 0 Å². The molecule has 0 radical (unpaired) electrons. The molecule has 0 amide bonds. The molecule has 2 rings (SSSR count). The predicted molar refractivity (Wildman–Crippen MR) is 67.7 cm³/mol. The van der Waals surface area contributed by atoms with Crippen molar-refractivity contribution >= 4 is 11.5 Å². The van der Waals surface area contributed by atoms with Crippen LogP contribution in [0.2, 0.25) is 0 Å². The van der Waals surface area contributed by atoms with E-state index in [0.29, 0.717) is 18.2 Å². The van der Waals surface area contributed by atoms with Crippen molar-refractivity contribution in [1.29, 1.82) is 0 Å². The maximum absolute atomic E-state index is 12.0. The lowest BCUT2D eigenvalue weighted by atomic mass is 10.1. The van der Waals surface area contributed by atoms with E-state index < -0.39 is 4.92 Å². The van der Waals surface area contributed by atoms with Gasteiger partial charge in [0, 0.05) is 23.7 Å². The minimum absolute atomic E-state index is 0.0149. The second-order valence-electron chi connectivity index (χ2n) is 4.52. The highest BCUT2D eigenvalue weighted by Crippen LogP contribution is 2.26. The molecule has 0 saturated heterocycles. The number of hydrogen-bond acceptors (Lipinski definition) is 4. The first-order valence-corrected chi connectivity index (χ1v) is 6.13. The molecule has 0 heterocycles. The number of benzene rings is 1. The number of non-ortho nitro benzene ring substituents is 1. The van der Waals surface area contributed by atoms with Crippen molar-refractivity contribution < 1.29 is 9.72 Å². The number of carbonyl (C=O) groups is 1. The van der Waals surface area contributed by atoms with Gasteiger partial charge in [0.2, 0.25) is 0 Å². The molecule has 5 heteroatoms. The van der Waals surface area contributed by atoms with Gasteiger partial charge in [0.1, 0.15) is 0 Å². The molecule has 96 valence electrons. The number of likely N-dealkylation sites (N-methyl/N-ethyl adjacent to an activating group) is 1. The molecule has 0 atom stereocenters. The summed E-state index contributed by atoms with van der Waals surface area (Å²) in [5, 5.41) is 10.5. The molecule has 0 aliphatic heterocycles. The Balaban J connectivity index is 2.01. The Morgan fingerprint density at radius 3 is 2.44 bits per heavy atom. The smallest absolute Gasteiger partial charge is 0.269 e. The number of nitro benzene ring substituents is 1. The van der Waals surface area contributed by atoms with Crippen LogP contribution in [0, 0.1) is 10.1 Å². The first-order valence-electron chi connectivity index (χ1n) is 6.13. The maximum Gasteiger partial charge on any atom is 0.269 e. The van der Waals surface area contributed by atoms with Crippen LogP contribution < -0.4 is 0 Å². The van der Waals surface area contributed by atoms with Crippen molar-refractivity contribution in [3.8, 4) is 0 Å². The highest BCUT2D eigenvalue weighted by Gasteiger charge is 2.29. The lowest BCUT2D eigenvalue weighted by Gasteiger charge is -2.18. The molecule has 0 N–H and O–H groups in total. The fraction of sp³-hybridized carbons (Fsp3) is 0.462. The summed E-state index contributed by atoms with van der Waals surface area (Å²) in [5.74, 6) is 0.0265. The topological polar surface area (TPSA) is 63.5 Å². The quantitative estimate of drug-likeness (QED) is 0.440. The summed E-state index contributed by atoms with van der Waals surface area (Å²) in [5.41, 5.74) is 0.556. The third kappa shape index (κ3) is 2.92. The molecule has 18 heavy (non-hydrogen) atoms. The average molecular weight is 248 g/mol. The minimum atomic E-state index is -0.462. The Morgan fingerprint density at radius 2 is 2.00 bits per heavy atom. The predicted octanol–water partition coefficient (Wildman–Crippen LogP) is 2.26. The normalized spacial score (nSPS) is 14.8. The number of nitro groups is 1. The van der Waals surface area contributed by atoms with Crippen LogP contribution in [-0.4, -0.2) is 34.7 Å². The summed E-state index contributed by atoms with van der Waals surface area (Å²) < 4.78 is 0. The van der Waals surface area contributed by atoms with E-state index in [2.05, 4.69) is 4.90 Å². The van der Waals surface area contributed by atoms with Gasteiger partial charge in [-0.25, -0.2) is 0 Å². The second-order valence-corrected chi connectivity index (χ2v) is 4.52. The molecule has 0 spiro atoms. The molecule has 0 unspecified atom stereocenters. The van der Waals surface area contributed by atoms with Gasteiger partial charge in [-0.2, -0.15) is 0 Å². The summed E-state index contributed by atoms with van der Waals surface area (Å²) in [6.07, 6.45) is 2.34. The second kappa shape index (κ2) is 5.27. The van der Waals surface area contributed by atoms with Crippen LogP contribution in [0.25, 0.3) is 0 Å². The van der Waals surface area contributed by atoms with Crippen LogP contribution in [0.15, 0.2) is 24.3 Å². The highest BCUT2D eigenvalue weighted by molar-refractivity contribution is 5.97. The maximum atomic E-state index is 12.0. The van der Waals surface area contributed by atoms with Crippen molar-refractivity contribution in [2.24, 2.45) is 0 Å². The van der Waals surface area contributed by atoms with Crippen LogP contribution in [0.5, 0.6) is 0 Å². The first-order chi connectivity index (χ1) is 8.61. The van der Waals surface area contributed by atoms with E-state index in [-0.39, 0.29) is 11.5 Å². The molecule has 1 aromatic rings. The van der Waals surface area contributed by atoms with Gasteiger partial charge >= 0.3 is 0 Å². The SMILES string of the molecule is CCN(CC(=O)c1ccc([N+](=O)[O-])cc1)C1CC1. The van der Waals surface area contributed by atoms with Gasteiger partial charge in [-0.1, -0.05) is 6.92 Å². The molecule has 1 fully saturated rings. The fourth-order valence-electron chi connectivity index (χ4n) is 1.98. The molecule has 1 aromatic carbocycles. The van der Waals surface area contributed by atoms with Crippen LogP contribution in [-0.2, 0) is 0 Å². The Labute approximate surface area is 106 Å². The highest BCUT2D eigenvalue weighted by atomic mass is 16.6. The van der Waals surface area contributed by atoms with Gasteiger partial charge in [-0.05, 0) is 31.5 Å². The minimum Gasteiger partial charge on any atom is -0.293 e. The number of rotatable bonds is 6. The van der Waals surface area contributed by atoms with Gasteiger partial charge < -0.3 is 0 Å². The molecule has 0 aromatic heterocycles. The van der Waals surface area contributed by atoms with Crippen molar-refractivity contribution in [3.05, 3.63) is 39.9 Å². The van der Waals surface area contributed by atoms with E-state index in [0.717, 1.165) is 6.54 Å². The molecule has 0 bridgehead atoms. The monoisotopic (exact) mass is 248 g/mol. The Kier molecular flexibility index (Phi) is 3.72. The molecule has 1 aliphatic carbocycles. The van der Waals surface area contributed by atoms with E-state index in [1.807, 2.05) is 6.92 Å². The summed E-state index contributed by atoms with van der Waals surface area (Å²) in [6, 6.07) is 6.36. The third-order valence-electron chi connectivity index (χ3n) is 3.22. The number of hydrogen-bond donors (Lipinski definition) is 0. The van der Waals surface area contributed by atoms with Gasteiger partial charge in [0.25, 0.3) is 5.69 Å². The summed E-state index contributed by atoms with van der Waals surface area (Å²) in [7, 11) is 0. The zero-order valence-corrected chi connectivity index (χ0v) is 10.3. The number of ketones is 1. The number of Topliss-reactive ketones (excluding diaryl/α,β-unsaturated/α-hetero) is 1. The van der Waals surface area contributed by atoms with Crippen LogP contribution >= 0.6 is 0 Å². The van der Waals surface area contributed by atoms with E-state index in [1.165, 1.54) is 37.1 Å². The Morgan fingerprint density at radius 1 is 1.39 bits per heavy atom. The largest absolute Gasteiger partial charge is 0.293 e. The number of nitrogens with zero attached hydrogens (tertiary/aromatic N) is 2. The van der Waals surface area contributed by atoms with Crippen LogP contribution in [0.1, 0.15) is 30.1 Å². The van der Waals surface area contributed by atoms with Crippen molar-refractivity contribution in [1.82, 2.24) is 4.90 Å². The summed E-state index contributed by atoms with van der Waals surface area (Å²) >= 11 is 0. The zero-order chi connectivity index (χ0) is 13.1. The Bertz CT molecular complexity index is 452. The van der Waals surface area contributed by atoms with E-state index in [4.69, 9.17) is 0 Å². The lowest BCUT2D eigenvalue weighted by Crippen LogP contribution is -2.31. The van der Waals surface area contributed by atoms with Gasteiger partial charge in [0.15, 0.2) is 5.78 Å². The molecule has 1 aliphatic rings. The lowest BCUT2D eigenvalue weighted by molar-refractivity contribution is -0.384. The molecular formula is C13H16N2O3. The van der Waals surface area contributed by atoms with Crippen molar-refractivity contribution in [3.63, 3.8) is 0 Å². The van der Waals surface area contributed by atoms with Gasteiger partial charge in [0.05, 0.1) is 11.5 Å². The van der Waals surface area contributed by atoms with Crippen LogP contribution in [0.4, 0.5) is 5.69 Å². The first kappa shape index (κ1) is 12.7. The van der Waals surface area contributed by atoms with Crippen molar-refractivity contribution in [2.75, 3.05) is 13.1 Å². The number of carbonyl (C=O) groups excluding carboxylic acids is 1. The summed E-state index contributed by atoms with van der Waals surface area (Å²) in [4.78, 5) is 24.2. The van der Waals surface area contributed by atoms with E-state index in [9.17, 15) is 14.9 Å². The molecule has 1 saturated carbocycles. The third-order valence-corrected chi connectivity index (χ3v) is 3.22. The zero-order valence-electron chi connectivity index (χ0n) is 10.3. The van der Waals surface area contributed by atoms with Gasteiger partial charge in [-0.3, -0.25) is 19.8 Å².